The highest BCUT2D eigenvalue weighted by molar-refractivity contribution is 5.96. The van der Waals surface area contributed by atoms with E-state index in [4.69, 9.17) is 14.2 Å². The second-order valence-electron chi connectivity index (χ2n) is 6.03. The Morgan fingerprint density at radius 3 is 2.15 bits per heavy atom. The molecule has 7 nitrogen and oxygen atoms in total. The van der Waals surface area contributed by atoms with E-state index >= 15 is 0 Å². The molecule has 2 rings (SSSR count). The maximum Gasteiger partial charge on any atom is 0.308 e. The fourth-order valence-corrected chi connectivity index (χ4v) is 3.06. The molecule has 0 bridgehead atoms. The second kappa shape index (κ2) is 9.31. The minimum Gasteiger partial charge on any atom is -0.490 e. The van der Waals surface area contributed by atoms with Crippen molar-refractivity contribution < 1.29 is 28.9 Å². The Kier molecular flexibility index (Phi) is 7.12. The lowest BCUT2D eigenvalue weighted by atomic mass is 9.97. The molecule has 0 aromatic heterocycles. The summed E-state index contributed by atoms with van der Waals surface area (Å²) in [4.78, 5) is 25.8. The number of amides is 1. The van der Waals surface area contributed by atoms with Crippen molar-refractivity contribution in [3.05, 3.63) is 17.7 Å². The molecule has 26 heavy (non-hydrogen) atoms. The number of rotatable bonds is 8. The predicted molar refractivity (Wildman–Crippen MR) is 96.2 cm³/mol. The van der Waals surface area contributed by atoms with E-state index in [9.17, 15) is 14.7 Å². The van der Waals surface area contributed by atoms with Crippen molar-refractivity contribution >= 4 is 11.9 Å². The van der Waals surface area contributed by atoms with Gasteiger partial charge in [0.25, 0.3) is 5.91 Å². The summed E-state index contributed by atoms with van der Waals surface area (Å²) in [6.45, 7) is 7.63. The molecule has 1 aromatic carbocycles. The second-order valence-corrected chi connectivity index (χ2v) is 6.03. The molecular formula is C19H27NO6. The van der Waals surface area contributed by atoms with Gasteiger partial charge in [0, 0.05) is 18.7 Å². The zero-order valence-corrected chi connectivity index (χ0v) is 15.6. The van der Waals surface area contributed by atoms with Crippen LogP contribution in [-0.2, 0) is 4.79 Å². The first-order valence-corrected chi connectivity index (χ1v) is 9.10. The SMILES string of the molecule is CCOc1cc(C(=O)N2CCC[C@H](C(=O)O)C2)cc(OCC)c1OCC. The summed E-state index contributed by atoms with van der Waals surface area (Å²) in [7, 11) is 0. The molecule has 1 amide bonds. The molecule has 144 valence electrons. The van der Waals surface area contributed by atoms with Gasteiger partial charge in [-0.3, -0.25) is 9.59 Å². The predicted octanol–water partition coefficient (Wildman–Crippen LogP) is 2.82. The number of hydrogen-bond donors (Lipinski definition) is 1. The summed E-state index contributed by atoms with van der Waals surface area (Å²) < 4.78 is 16.9. The fraction of sp³-hybridized carbons (Fsp3) is 0.579. The highest BCUT2D eigenvalue weighted by atomic mass is 16.5. The van der Waals surface area contributed by atoms with E-state index < -0.39 is 11.9 Å². The number of carboxylic acid groups (broad SMARTS) is 1. The lowest BCUT2D eigenvalue weighted by Gasteiger charge is -2.31. The number of likely N-dealkylation sites (tertiary alicyclic amines) is 1. The Morgan fingerprint density at radius 2 is 1.65 bits per heavy atom. The molecule has 1 heterocycles. The largest absolute Gasteiger partial charge is 0.490 e. The van der Waals surface area contributed by atoms with E-state index in [1.807, 2.05) is 20.8 Å². The number of nitrogens with zero attached hydrogens (tertiary/aromatic N) is 1. The normalized spacial score (nSPS) is 16.9. The summed E-state index contributed by atoms with van der Waals surface area (Å²) in [5.41, 5.74) is 0.409. The molecular weight excluding hydrogens is 338 g/mol. The Bertz CT molecular complexity index is 618. The summed E-state index contributed by atoms with van der Waals surface area (Å²) in [5, 5.41) is 9.24. The molecule has 1 saturated heterocycles. The molecule has 0 saturated carbocycles. The van der Waals surface area contributed by atoms with Gasteiger partial charge in [0.2, 0.25) is 5.75 Å². The molecule has 0 unspecified atom stereocenters. The summed E-state index contributed by atoms with van der Waals surface area (Å²) in [5.74, 6) is -0.214. The smallest absolute Gasteiger partial charge is 0.308 e. The zero-order valence-electron chi connectivity index (χ0n) is 15.6. The maximum absolute atomic E-state index is 12.9. The molecule has 1 fully saturated rings. The molecule has 7 heteroatoms. The van der Waals surface area contributed by atoms with E-state index in [0.717, 1.165) is 0 Å². The quantitative estimate of drug-likeness (QED) is 0.762. The third-order valence-corrected chi connectivity index (χ3v) is 4.21. The molecule has 1 aromatic rings. The first-order valence-electron chi connectivity index (χ1n) is 9.10. The molecule has 1 aliphatic heterocycles. The topological polar surface area (TPSA) is 85.3 Å². The fourth-order valence-electron chi connectivity index (χ4n) is 3.06. The minimum atomic E-state index is -0.862. The summed E-state index contributed by atoms with van der Waals surface area (Å²) in [6, 6.07) is 3.29. The number of carbonyl (C=O) groups excluding carboxylic acids is 1. The van der Waals surface area contributed by atoms with Crippen LogP contribution in [0.2, 0.25) is 0 Å². The Labute approximate surface area is 153 Å². The standard InChI is InChI=1S/C19H27NO6/c1-4-24-15-10-14(11-16(25-5-2)17(15)26-6-3)18(21)20-9-7-8-13(12-20)19(22)23/h10-11,13H,4-9,12H2,1-3H3,(H,22,23)/t13-/m0/s1. The van der Waals surface area contributed by atoms with Crippen LogP contribution in [0.25, 0.3) is 0 Å². The van der Waals surface area contributed by atoms with Crippen LogP contribution in [0.5, 0.6) is 17.2 Å². The maximum atomic E-state index is 12.9. The van der Waals surface area contributed by atoms with Crippen LogP contribution in [0.15, 0.2) is 12.1 Å². The van der Waals surface area contributed by atoms with Gasteiger partial charge in [0.1, 0.15) is 0 Å². The average molecular weight is 365 g/mol. The molecule has 0 aliphatic carbocycles. The van der Waals surface area contributed by atoms with Crippen LogP contribution in [-0.4, -0.2) is 54.8 Å². The van der Waals surface area contributed by atoms with Gasteiger partial charge < -0.3 is 24.2 Å². The monoisotopic (exact) mass is 365 g/mol. The number of benzene rings is 1. The highest BCUT2D eigenvalue weighted by Gasteiger charge is 2.29. The summed E-state index contributed by atoms with van der Waals surface area (Å²) >= 11 is 0. The van der Waals surface area contributed by atoms with Gasteiger partial charge in [-0.25, -0.2) is 0 Å². The van der Waals surface area contributed by atoms with Gasteiger partial charge in [-0.1, -0.05) is 0 Å². The Balaban J connectivity index is 2.34. The molecule has 0 spiro atoms. The molecule has 0 radical (unpaired) electrons. The van der Waals surface area contributed by atoms with Crippen molar-refractivity contribution in [3.8, 4) is 17.2 Å². The van der Waals surface area contributed by atoms with Crippen LogP contribution in [0.3, 0.4) is 0 Å². The average Bonchev–Trinajstić information content (AvgIpc) is 2.64. The highest BCUT2D eigenvalue weighted by Crippen LogP contribution is 2.39. The third kappa shape index (κ3) is 4.59. The van der Waals surface area contributed by atoms with E-state index in [2.05, 4.69) is 0 Å². The number of carboxylic acids is 1. The number of aliphatic carboxylic acids is 1. The van der Waals surface area contributed by atoms with Crippen LogP contribution in [0, 0.1) is 5.92 Å². The Hall–Kier alpha value is -2.44. The van der Waals surface area contributed by atoms with Crippen molar-refractivity contribution in [2.24, 2.45) is 5.92 Å². The van der Waals surface area contributed by atoms with Gasteiger partial charge >= 0.3 is 5.97 Å². The van der Waals surface area contributed by atoms with E-state index in [-0.39, 0.29) is 12.5 Å². The van der Waals surface area contributed by atoms with Crippen LogP contribution < -0.4 is 14.2 Å². The van der Waals surface area contributed by atoms with Crippen LogP contribution in [0.1, 0.15) is 44.0 Å². The molecule has 1 atom stereocenters. The van der Waals surface area contributed by atoms with E-state index in [1.165, 1.54) is 0 Å². The van der Waals surface area contributed by atoms with Crippen molar-refractivity contribution in [2.45, 2.75) is 33.6 Å². The van der Waals surface area contributed by atoms with Gasteiger partial charge in [-0.2, -0.15) is 0 Å². The van der Waals surface area contributed by atoms with Crippen molar-refractivity contribution in [1.82, 2.24) is 4.90 Å². The van der Waals surface area contributed by atoms with E-state index in [0.29, 0.717) is 62.0 Å². The molecule has 1 N–H and O–H groups in total. The number of hydrogen-bond acceptors (Lipinski definition) is 5. The molecule has 1 aliphatic rings. The van der Waals surface area contributed by atoms with Gasteiger partial charge in [-0.15, -0.1) is 0 Å². The zero-order chi connectivity index (χ0) is 19.1. The Morgan fingerprint density at radius 1 is 1.08 bits per heavy atom. The minimum absolute atomic E-state index is 0.218. The third-order valence-electron chi connectivity index (χ3n) is 4.21. The lowest BCUT2D eigenvalue weighted by molar-refractivity contribution is -0.143. The lowest BCUT2D eigenvalue weighted by Crippen LogP contribution is -2.42. The number of ether oxygens (including phenoxy) is 3. The van der Waals surface area contributed by atoms with E-state index in [1.54, 1.807) is 17.0 Å². The number of carbonyl (C=O) groups is 2. The van der Waals surface area contributed by atoms with Crippen LogP contribution >= 0.6 is 0 Å². The first kappa shape index (κ1) is 19.9. The van der Waals surface area contributed by atoms with Gasteiger partial charge in [0.15, 0.2) is 11.5 Å². The van der Waals surface area contributed by atoms with Crippen molar-refractivity contribution in [2.75, 3.05) is 32.9 Å². The van der Waals surface area contributed by atoms with Crippen LogP contribution in [0.4, 0.5) is 0 Å². The van der Waals surface area contributed by atoms with Crippen molar-refractivity contribution in [1.29, 1.82) is 0 Å². The summed E-state index contributed by atoms with van der Waals surface area (Å²) in [6.07, 6.45) is 1.27. The van der Waals surface area contributed by atoms with Crippen molar-refractivity contribution in [3.63, 3.8) is 0 Å². The van der Waals surface area contributed by atoms with Gasteiger partial charge in [0.05, 0.1) is 25.7 Å². The first-order chi connectivity index (χ1) is 12.5. The van der Waals surface area contributed by atoms with Gasteiger partial charge in [-0.05, 0) is 45.7 Å². The number of piperidine rings is 1.